The maximum absolute atomic E-state index is 11.2. The fourth-order valence-corrected chi connectivity index (χ4v) is 2.18. The summed E-state index contributed by atoms with van der Waals surface area (Å²) in [7, 11) is 4.29. The van der Waals surface area contributed by atoms with E-state index in [1.807, 2.05) is 6.92 Å². The Labute approximate surface area is 98.8 Å². The molecule has 0 aromatic heterocycles. The zero-order chi connectivity index (χ0) is 12.0. The Morgan fingerprint density at radius 2 is 2.06 bits per heavy atom. The van der Waals surface area contributed by atoms with Crippen LogP contribution in [0.2, 0.25) is 0 Å². The molecule has 16 heavy (non-hydrogen) atoms. The van der Waals surface area contributed by atoms with E-state index in [0.717, 1.165) is 19.6 Å². The van der Waals surface area contributed by atoms with Crippen LogP contribution in [0.1, 0.15) is 32.6 Å². The minimum atomic E-state index is 0.141. The van der Waals surface area contributed by atoms with Gasteiger partial charge < -0.3 is 15.5 Å². The number of likely N-dealkylation sites (N-methyl/N-ethyl adjacent to an activating group) is 1. The molecule has 1 rings (SSSR count). The van der Waals surface area contributed by atoms with Crippen LogP contribution in [0, 0.1) is 0 Å². The summed E-state index contributed by atoms with van der Waals surface area (Å²) in [6, 6.07) is 0. The van der Waals surface area contributed by atoms with Crippen LogP contribution in [0.15, 0.2) is 0 Å². The van der Waals surface area contributed by atoms with Gasteiger partial charge in [0, 0.05) is 31.6 Å². The first kappa shape index (κ1) is 13.5. The maximum atomic E-state index is 11.2. The molecule has 94 valence electrons. The van der Waals surface area contributed by atoms with Gasteiger partial charge in [0.25, 0.3) is 0 Å². The maximum Gasteiger partial charge on any atom is 0.221 e. The van der Waals surface area contributed by atoms with Gasteiger partial charge in [0.15, 0.2) is 0 Å². The molecule has 4 nitrogen and oxygen atoms in total. The number of nitrogens with one attached hydrogen (secondary N) is 2. The van der Waals surface area contributed by atoms with Crippen molar-refractivity contribution in [2.24, 2.45) is 0 Å². The van der Waals surface area contributed by atoms with Crippen LogP contribution in [-0.2, 0) is 4.79 Å². The molecule has 1 fully saturated rings. The zero-order valence-corrected chi connectivity index (χ0v) is 10.8. The Balaban J connectivity index is 2.12. The van der Waals surface area contributed by atoms with Gasteiger partial charge in [0.1, 0.15) is 0 Å². The fraction of sp³-hybridized carbons (Fsp3) is 0.917. The van der Waals surface area contributed by atoms with E-state index in [1.54, 1.807) is 0 Å². The molecule has 4 heteroatoms. The van der Waals surface area contributed by atoms with E-state index in [1.165, 1.54) is 19.3 Å². The molecule has 2 N–H and O–H groups in total. The molecule has 0 aliphatic heterocycles. The SMILES string of the molecule is CCNC(=O)CCNCC1(N(C)C)CCC1. The average molecular weight is 227 g/mol. The van der Waals surface area contributed by atoms with Gasteiger partial charge >= 0.3 is 0 Å². The quantitative estimate of drug-likeness (QED) is 0.626. The number of hydrogen-bond donors (Lipinski definition) is 2. The molecule has 1 saturated carbocycles. The van der Waals surface area contributed by atoms with Crippen molar-refractivity contribution in [3.05, 3.63) is 0 Å². The first-order valence-electron chi connectivity index (χ1n) is 6.25. The lowest BCUT2D eigenvalue weighted by Crippen LogP contribution is -2.56. The van der Waals surface area contributed by atoms with E-state index >= 15 is 0 Å². The number of nitrogens with zero attached hydrogens (tertiary/aromatic N) is 1. The smallest absolute Gasteiger partial charge is 0.221 e. The third-order valence-electron chi connectivity index (χ3n) is 3.59. The standard InChI is InChI=1S/C12H25N3O/c1-4-14-11(16)6-9-13-10-12(15(2)3)7-5-8-12/h13H,4-10H2,1-3H3,(H,14,16). The Kier molecular flexibility index (Phi) is 5.22. The molecule has 1 aliphatic carbocycles. The van der Waals surface area contributed by atoms with Crippen LogP contribution < -0.4 is 10.6 Å². The van der Waals surface area contributed by atoms with E-state index < -0.39 is 0 Å². The van der Waals surface area contributed by atoms with E-state index in [9.17, 15) is 4.79 Å². The average Bonchev–Trinajstić information content (AvgIpc) is 2.15. The van der Waals surface area contributed by atoms with E-state index in [2.05, 4.69) is 29.6 Å². The summed E-state index contributed by atoms with van der Waals surface area (Å²) in [5, 5.41) is 6.20. The van der Waals surface area contributed by atoms with Gasteiger partial charge in [-0.05, 0) is 40.3 Å². The molecule has 0 aromatic carbocycles. The van der Waals surface area contributed by atoms with Crippen molar-refractivity contribution in [2.75, 3.05) is 33.7 Å². The van der Waals surface area contributed by atoms with E-state index in [0.29, 0.717) is 12.0 Å². The molecule has 0 radical (unpaired) electrons. The summed E-state index contributed by atoms with van der Waals surface area (Å²) in [5.74, 6) is 0.141. The number of carbonyl (C=O) groups is 1. The highest BCUT2D eigenvalue weighted by atomic mass is 16.1. The molecule has 0 unspecified atom stereocenters. The van der Waals surface area contributed by atoms with Crippen molar-refractivity contribution in [1.29, 1.82) is 0 Å². The Morgan fingerprint density at radius 3 is 2.50 bits per heavy atom. The van der Waals surface area contributed by atoms with Gasteiger partial charge in [-0.2, -0.15) is 0 Å². The highest BCUT2D eigenvalue weighted by Gasteiger charge is 2.38. The molecule has 0 heterocycles. The summed E-state index contributed by atoms with van der Waals surface area (Å²) in [6.07, 6.45) is 4.45. The molecule has 0 atom stereocenters. The van der Waals surface area contributed by atoms with Gasteiger partial charge in [-0.3, -0.25) is 4.79 Å². The minimum Gasteiger partial charge on any atom is -0.356 e. The van der Waals surface area contributed by atoms with Crippen LogP contribution in [-0.4, -0.2) is 50.1 Å². The predicted octanol–water partition coefficient (Wildman–Crippen LogP) is 0.587. The molecule has 0 saturated heterocycles. The van der Waals surface area contributed by atoms with Crippen LogP contribution in [0.3, 0.4) is 0 Å². The largest absolute Gasteiger partial charge is 0.356 e. The van der Waals surface area contributed by atoms with Crippen LogP contribution >= 0.6 is 0 Å². The molecule has 1 amide bonds. The minimum absolute atomic E-state index is 0.141. The number of hydrogen-bond acceptors (Lipinski definition) is 3. The first-order chi connectivity index (χ1) is 7.60. The van der Waals surface area contributed by atoms with Gasteiger partial charge in [-0.15, -0.1) is 0 Å². The second-order valence-electron chi connectivity index (χ2n) is 4.85. The molecule has 0 bridgehead atoms. The highest BCUT2D eigenvalue weighted by Crippen LogP contribution is 2.35. The second-order valence-corrected chi connectivity index (χ2v) is 4.85. The van der Waals surface area contributed by atoms with E-state index in [4.69, 9.17) is 0 Å². The summed E-state index contributed by atoms with van der Waals surface area (Å²) in [4.78, 5) is 13.5. The van der Waals surface area contributed by atoms with Crippen LogP contribution in [0.5, 0.6) is 0 Å². The van der Waals surface area contributed by atoms with Crippen molar-refractivity contribution in [3.8, 4) is 0 Å². The molecule has 0 spiro atoms. The second kappa shape index (κ2) is 6.21. The Morgan fingerprint density at radius 1 is 1.38 bits per heavy atom. The third-order valence-corrected chi connectivity index (χ3v) is 3.59. The van der Waals surface area contributed by atoms with Crippen molar-refractivity contribution in [3.63, 3.8) is 0 Å². The first-order valence-corrected chi connectivity index (χ1v) is 6.25. The topological polar surface area (TPSA) is 44.4 Å². The molecular weight excluding hydrogens is 202 g/mol. The number of rotatable bonds is 7. The third kappa shape index (κ3) is 3.46. The number of carbonyl (C=O) groups excluding carboxylic acids is 1. The van der Waals surface area contributed by atoms with Gasteiger partial charge in [-0.25, -0.2) is 0 Å². The van der Waals surface area contributed by atoms with Gasteiger partial charge in [0.05, 0.1) is 0 Å². The van der Waals surface area contributed by atoms with Crippen molar-refractivity contribution < 1.29 is 4.79 Å². The number of amides is 1. The lowest BCUT2D eigenvalue weighted by atomic mass is 9.75. The predicted molar refractivity (Wildman–Crippen MR) is 66.4 cm³/mol. The summed E-state index contributed by atoms with van der Waals surface area (Å²) in [5.41, 5.74) is 0.348. The van der Waals surface area contributed by atoms with Crippen molar-refractivity contribution >= 4 is 5.91 Å². The van der Waals surface area contributed by atoms with Gasteiger partial charge in [-0.1, -0.05) is 0 Å². The molecular formula is C12H25N3O. The van der Waals surface area contributed by atoms with Crippen molar-refractivity contribution in [2.45, 2.75) is 38.1 Å². The summed E-state index contributed by atoms with van der Waals surface area (Å²) >= 11 is 0. The molecule has 0 aromatic rings. The Bertz CT molecular complexity index is 224. The summed E-state index contributed by atoms with van der Waals surface area (Å²) in [6.45, 7) is 4.45. The highest BCUT2D eigenvalue weighted by molar-refractivity contribution is 5.75. The van der Waals surface area contributed by atoms with Crippen LogP contribution in [0.4, 0.5) is 0 Å². The lowest BCUT2D eigenvalue weighted by Gasteiger charge is -2.47. The van der Waals surface area contributed by atoms with E-state index in [-0.39, 0.29) is 5.91 Å². The Hall–Kier alpha value is -0.610. The summed E-state index contributed by atoms with van der Waals surface area (Å²) < 4.78 is 0. The van der Waals surface area contributed by atoms with Crippen LogP contribution in [0.25, 0.3) is 0 Å². The fourth-order valence-electron chi connectivity index (χ4n) is 2.18. The zero-order valence-electron chi connectivity index (χ0n) is 10.8. The normalized spacial score (nSPS) is 18.2. The molecule has 1 aliphatic rings. The van der Waals surface area contributed by atoms with Crippen molar-refractivity contribution in [1.82, 2.24) is 15.5 Å². The lowest BCUT2D eigenvalue weighted by molar-refractivity contribution is -0.120. The van der Waals surface area contributed by atoms with Gasteiger partial charge in [0.2, 0.25) is 5.91 Å². The monoisotopic (exact) mass is 227 g/mol.